The molecule has 1 aromatic carbocycles. The van der Waals surface area contributed by atoms with E-state index < -0.39 is 0 Å². The molecule has 2 heteroatoms. The lowest BCUT2D eigenvalue weighted by atomic mass is 9.96. The molecular formula is C17H28N2. The van der Waals surface area contributed by atoms with E-state index in [0.29, 0.717) is 6.04 Å². The summed E-state index contributed by atoms with van der Waals surface area (Å²) in [6.07, 6.45) is 2.34. The van der Waals surface area contributed by atoms with Gasteiger partial charge in [-0.15, -0.1) is 0 Å². The van der Waals surface area contributed by atoms with Crippen LogP contribution < -0.4 is 5.32 Å². The molecule has 0 bridgehead atoms. The molecule has 1 aliphatic rings. The summed E-state index contributed by atoms with van der Waals surface area (Å²) in [6.45, 7) is 12.4. The normalized spacial score (nSPS) is 23.5. The van der Waals surface area contributed by atoms with Gasteiger partial charge in [-0.3, -0.25) is 4.90 Å². The van der Waals surface area contributed by atoms with E-state index in [1.165, 1.54) is 17.5 Å². The minimum Gasteiger partial charge on any atom is -0.309 e. The van der Waals surface area contributed by atoms with Gasteiger partial charge in [-0.25, -0.2) is 0 Å². The van der Waals surface area contributed by atoms with Gasteiger partial charge >= 0.3 is 0 Å². The molecule has 0 aliphatic carbocycles. The summed E-state index contributed by atoms with van der Waals surface area (Å²) in [5, 5.41) is 3.65. The van der Waals surface area contributed by atoms with Crippen LogP contribution in [0.1, 0.15) is 45.2 Å². The van der Waals surface area contributed by atoms with Crippen LogP contribution in [0.3, 0.4) is 0 Å². The predicted molar refractivity (Wildman–Crippen MR) is 82.4 cm³/mol. The van der Waals surface area contributed by atoms with Crippen molar-refractivity contribution in [3.8, 4) is 0 Å². The van der Waals surface area contributed by atoms with Crippen molar-refractivity contribution in [2.75, 3.05) is 13.1 Å². The molecule has 1 atom stereocenters. The van der Waals surface area contributed by atoms with Crippen LogP contribution in [0.2, 0.25) is 0 Å². The highest BCUT2D eigenvalue weighted by Gasteiger charge is 2.31. The Labute approximate surface area is 118 Å². The average molecular weight is 260 g/mol. The van der Waals surface area contributed by atoms with E-state index in [1.54, 1.807) is 0 Å². The quantitative estimate of drug-likeness (QED) is 0.894. The molecule has 1 saturated heterocycles. The third kappa shape index (κ3) is 3.80. The van der Waals surface area contributed by atoms with Gasteiger partial charge in [0.05, 0.1) is 0 Å². The van der Waals surface area contributed by atoms with Gasteiger partial charge in [0.25, 0.3) is 0 Å². The maximum Gasteiger partial charge on any atom is 0.0253 e. The first-order valence-corrected chi connectivity index (χ1v) is 7.61. The predicted octanol–water partition coefficient (Wildman–Crippen LogP) is 3.21. The Balaban J connectivity index is 2.05. The van der Waals surface area contributed by atoms with Gasteiger partial charge in [-0.05, 0) is 37.8 Å². The molecule has 1 heterocycles. The third-order valence-electron chi connectivity index (χ3n) is 4.22. The summed E-state index contributed by atoms with van der Waals surface area (Å²) in [5.74, 6) is 0. The fraction of sp³-hybridized carbons (Fsp3) is 0.647. The lowest BCUT2D eigenvalue weighted by Gasteiger charge is -2.44. The highest BCUT2D eigenvalue weighted by atomic mass is 15.2. The van der Waals surface area contributed by atoms with Gasteiger partial charge in [-0.1, -0.05) is 38.1 Å². The van der Waals surface area contributed by atoms with Crippen LogP contribution in [0.5, 0.6) is 0 Å². The lowest BCUT2D eigenvalue weighted by Crippen LogP contribution is -2.60. The first kappa shape index (κ1) is 14.5. The Morgan fingerprint density at radius 2 is 1.79 bits per heavy atom. The fourth-order valence-corrected chi connectivity index (χ4v) is 2.92. The zero-order valence-corrected chi connectivity index (χ0v) is 12.9. The van der Waals surface area contributed by atoms with Crippen LogP contribution in [0.4, 0.5) is 0 Å². The minimum atomic E-state index is 0.231. The number of aryl methyl sites for hydroxylation is 1. The maximum atomic E-state index is 3.65. The van der Waals surface area contributed by atoms with E-state index in [1.807, 2.05) is 0 Å². The minimum absolute atomic E-state index is 0.231. The summed E-state index contributed by atoms with van der Waals surface area (Å²) >= 11 is 0. The second-order valence-corrected chi connectivity index (χ2v) is 6.40. The number of nitrogens with one attached hydrogen (secondary N) is 1. The van der Waals surface area contributed by atoms with Crippen molar-refractivity contribution in [1.82, 2.24) is 10.2 Å². The highest BCUT2D eigenvalue weighted by Crippen LogP contribution is 2.20. The molecule has 1 aliphatic heterocycles. The number of hydrogen-bond acceptors (Lipinski definition) is 2. The molecule has 1 aromatic rings. The van der Waals surface area contributed by atoms with E-state index >= 15 is 0 Å². The van der Waals surface area contributed by atoms with Crippen LogP contribution >= 0.6 is 0 Å². The number of nitrogens with zero attached hydrogens (tertiary/aromatic N) is 1. The zero-order chi connectivity index (χ0) is 13.9. The summed E-state index contributed by atoms with van der Waals surface area (Å²) in [5.41, 5.74) is 3.10. The largest absolute Gasteiger partial charge is 0.309 e. The van der Waals surface area contributed by atoms with E-state index in [9.17, 15) is 0 Å². The van der Waals surface area contributed by atoms with Gasteiger partial charge in [0.15, 0.2) is 0 Å². The lowest BCUT2D eigenvalue weighted by molar-refractivity contribution is 0.0858. The van der Waals surface area contributed by atoms with Gasteiger partial charge in [0, 0.05) is 31.2 Å². The first-order valence-electron chi connectivity index (χ1n) is 7.61. The molecule has 0 spiro atoms. The molecule has 0 radical (unpaired) electrons. The maximum absolute atomic E-state index is 3.65. The highest BCUT2D eigenvalue weighted by molar-refractivity contribution is 5.22. The standard InChI is InChI=1S/C17H28N2/c1-5-14-7-9-15(10-8-14)12-19-13-17(3,4)18-11-16(19)6-2/h7-10,16,18H,5-6,11-13H2,1-4H3. The van der Waals surface area contributed by atoms with Gasteiger partial charge in [0.1, 0.15) is 0 Å². The molecule has 0 aromatic heterocycles. The Morgan fingerprint density at radius 3 is 2.37 bits per heavy atom. The number of hydrogen-bond donors (Lipinski definition) is 1. The summed E-state index contributed by atoms with van der Waals surface area (Å²) in [7, 11) is 0. The van der Waals surface area contributed by atoms with Crippen LogP contribution in [0, 0.1) is 0 Å². The Kier molecular flexibility index (Phi) is 4.64. The van der Waals surface area contributed by atoms with Gasteiger partial charge in [-0.2, -0.15) is 0 Å². The number of piperazine rings is 1. The summed E-state index contributed by atoms with van der Waals surface area (Å²) in [4.78, 5) is 2.64. The summed E-state index contributed by atoms with van der Waals surface area (Å²) in [6, 6.07) is 9.79. The second-order valence-electron chi connectivity index (χ2n) is 6.40. The summed E-state index contributed by atoms with van der Waals surface area (Å²) < 4.78 is 0. The van der Waals surface area contributed by atoms with E-state index in [-0.39, 0.29) is 5.54 Å². The van der Waals surface area contributed by atoms with Crippen LogP contribution in [-0.2, 0) is 13.0 Å². The SMILES string of the molecule is CCc1ccc(CN2CC(C)(C)NCC2CC)cc1. The van der Waals surface area contributed by atoms with Crippen molar-refractivity contribution in [3.05, 3.63) is 35.4 Å². The zero-order valence-electron chi connectivity index (χ0n) is 12.9. The Morgan fingerprint density at radius 1 is 1.16 bits per heavy atom. The van der Waals surface area contributed by atoms with Crippen molar-refractivity contribution in [3.63, 3.8) is 0 Å². The molecule has 1 N–H and O–H groups in total. The van der Waals surface area contributed by atoms with Crippen molar-refractivity contribution in [2.24, 2.45) is 0 Å². The van der Waals surface area contributed by atoms with E-state index in [2.05, 4.69) is 62.2 Å². The Hall–Kier alpha value is -0.860. The monoisotopic (exact) mass is 260 g/mol. The van der Waals surface area contributed by atoms with Crippen molar-refractivity contribution in [2.45, 2.75) is 58.7 Å². The molecule has 1 unspecified atom stereocenters. The second kappa shape index (κ2) is 6.06. The van der Waals surface area contributed by atoms with Crippen LogP contribution in [-0.4, -0.2) is 29.6 Å². The smallest absolute Gasteiger partial charge is 0.0253 e. The van der Waals surface area contributed by atoms with Crippen molar-refractivity contribution < 1.29 is 0 Å². The van der Waals surface area contributed by atoms with Crippen LogP contribution in [0.15, 0.2) is 24.3 Å². The molecule has 0 saturated carbocycles. The van der Waals surface area contributed by atoms with E-state index in [0.717, 1.165) is 26.1 Å². The number of rotatable bonds is 4. The molecule has 2 rings (SSSR count). The van der Waals surface area contributed by atoms with Crippen LogP contribution in [0.25, 0.3) is 0 Å². The van der Waals surface area contributed by atoms with Crippen molar-refractivity contribution >= 4 is 0 Å². The molecule has 0 amide bonds. The molecule has 2 nitrogen and oxygen atoms in total. The number of benzene rings is 1. The van der Waals surface area contributed by atoms with E-state index in [4.69, 9.17) is 0 Å². The Bertz CT molecular complexity index is 394. The van der Waals surface area contributed by atoms with Gasteiger partial charge < -0.3 is 5.32 Å². The molecular weight excluding hydrogens is 232 g/mol. The first-order chi connectivity index (χ1) is 9.04. The topological polar surface area (TPSA) is 15.3 Å². The van der Waals surface area contributed by atoms with Crippen molar-refractivity contribution in [1.29, 1.82) is 0 Å². The van der Waals surface area contributed by atoms with Gasteiger partial charge in [0.2, 0.25) is 0 Å². The average Bonchev–Trinajstić information content (AvgIpc) is 2.39. The molecule has 19 heavy (non-hydrogen) atoms. The third-order valence-corrected chi connectivity index (χ3v) is 4.22. The fourth-order valence-electron chi connectivity index (χ4n) is 2.92. The molecule has 1 fully saturated rings. The molecule has 106 valence electrons.